The number of halogens is 6. The minimum absolute atomic E-state index is 0.363. The van der Waals surface area contributed by atoms with Crippen molar-refractivity contribution >= 4 is 11.9 Å². The number of hydrogen-bond donors (Lipinski definition) is 2. The number of nitrogens with zero attached hydrogens (tertiary/aromatic N) is 3. The van der Waals surface area contributed by atoms with Crippen LogP contribution in [-0.4, -0.2) is 88.2 Å². The molecule has 2 N–H and O–H groups in total. The standard InChI is InChI=1S/C19H25N3O2.2C2HF3O2/c1-23-19-6-8-22(12-16-5-3-9-24-16)18-14-21(13-17(18)19)11-15-4-2-7-20-10-15;2*3-2(4,5)1(6)7/h2-5,7,9-10,17-19H,6,8,11-14H2,1H3;2*(H,6,7)/t17-,18+,19-;;/m0../s1. The van der Waals surface area contributed by atoms with E-state index in [4.69, 9.17) is 29.0 Å². The molecule has 212 valence electrons. The van der Waals surface area contributed by atoms with Gasteiger partial charge in [0.2, 0.25) is 0 Å². The second kappa shape index (κ2) is 13.6. The van der Waals surface area contributed by atoms with Gasteiger partial charge in [0.05, 0.1) is 18.9 Å². The maximum atomic E-state index is 10.6. The number of aromatic nitrogens is 1. The van der Waals surface area contributed by atoms with E-state index in [2.05, 4.69) is 26.9 Å². The molecular weight excluding hydrogens is 528 g/mol. The summed E-state index contributed by atoms with van der Waals surface area (Å²) < 4.78 is 74.8. The van der Waals surface area contributed by atoms with Gasteiger partial charge in [0.15, 0.2) is 0 Å². The summed E-state index contributed by atoms with van der Waals surface area (Å²) in [6.07, 6.45) is -3.14. The molecule has 2 saturated heterocycles. The number of carboxylic acids is 2. The van der Waals surface area contributed by atoms with Crippen molar-refractivity contribution < 1.29 is 55.3 Å². The number of alkyl halides is 6. The van der Waals surface area contributed by atoms with Crippen LogP contribution in [0.2, 0.25) is 0 Å². The number of methoxy groups -OCH3 is 1. The van der Waals surface area contributed by atoms with E-state index in [0.29, 0.717) is 18.1 Å². The highest BCUT2D eigenvalue weighted by molar-refractivity contribution is 5.73. The van der Waals surface area contributed by atoms with Gasteiger partial charge in [0.25, 0.3) is 0 Å². The lowest BCUT2D eigenvalue weighted by Gasteiger charge is -2.40. The average Bonchev–Trinajstić information content (AvgIpc) is 3.50. The smallest absolute Gasteiger partial charge is 0.475 e. The van der Waals surface area contributed by atoms with Crippen LogP contribution in [0.5, 0.6) is 0 Å². The van der Waals surface area contributed by atoms with E-state index < -0.39 is 24.3 Å². The first-order valence-electron chi connectivity index (χ1n) is 11.2. The van der Waals surface area contributed by atoms with Gasteiger partial charge in [-0.3, -0.25) is 14.8 Å². The largest absolute Gasteiger partial charge is 0.490 e. The third-order valence-corrected chi connectivity index (χ3v) is 5.91. The van der Waals surface area contributed by atoms with E-state index in [1.807, 2.05) is 31.6 Å². The molecule has 4 heterocycles. The van der Waals surface area contributed by atoms with Crippen LogP contribution in [0.3, 0.4) is 0 Å². The summed E-state index contributed by atoms with van der Waals surface area (Å²) in [6.45, 7) is 5.10. The maximum absolute atomic E-state index is 10.6. The number of rotatable bonds is 5. The van der Waals surface area contributed by atoms with E-state index in [-0.39, 0.29) is 0 Å². The molecule has 2 fully saturated rings. The van der Waals surface area contributed by atoms with Crippen molar-refractivity contribution in [3.63, 3.8) is 0 Å². The summed E-state index contributed by atoms with van der Waals surface area (Å²) in [7, 11) is 1.85. The van der Waals surface area contributed by atoms with Gasteiger partial charge in [-0.2, -0.15) is 26.3 Å². The first-order chi connectivity index (χ1) is 17.7. The highest BCUT2D eigenvalue weighted by Crippen LogP contribution is 2.34. The second-order valence-corrected chi connectivity index (χ2v) is 8.51. The molecule has 4 rings (SSSR count). The van der Waals surface area contributed by atoms with Crippen molar-refractivity contribution in [2.75, 3.05) is 26.7 Å². The predicted molar refractivity (Wildman–Crippen MR) is 119 cm³/mol. The third kappa shape index (κ3) is 9.61. The lowest BCUT2D eigenvalue weighted by Crippen LogP contribution is -2.50. The van der Waals surface area contributed by atoms with Gasteiger partial charge in [-0.15, -0.1) is 0 Å². The molecule has 2 aromatic heterocycles. The highest BCUT2D eigenvalue weighted by atomic mass is 19.4. The minimum atomic E-state index is -5.08. The van der Waals surface area contributed by atoms with Crippen LogP contribution in [0.4, 0.5) is 26.3 Å². The number of likely N-dealkylation sites (tertiary alicyclic amines) is 2. The van der Waals surface area contributed by atoms with Gasteiger partial charge in [0.1, 0.15) is 5.76 Å². The number of carboxylic acid groups (broad SMARTS) is 2. The molecule has 3 atom stereocenters. The van der Waals surface area contributed by atoms with Crippen molar-refractivity contribution in [3.05, 3.63) is 54.2 Å². The van der Waals surface area contributed by atoms with Crippen LogP contribution < -0.4 is 0 Å². The SMILES string of the molecule is CO[C@H]1CCN(Cc2ccco2)[C@@H]2CN(Cc3cccnc3)C[C@H]12.O=C(O)C(F)(F)F.O=C(O)C(F)(F)F. The zero-order valence-corrected chi connectivity index (χ0v) is 20.2. The summed E-state index contributed by atoms with van der Waals surface area (Å²) in [6, 6.07) is 8.74. The molecule has 38 heavy (non-hydrogen) atoms. The van der Waals surface area contributed by atoms with Crippen molar-refractivity contribution in [1.29, 1.82) is 0 Å². The topological polar surface area (TPSA) is 116 Å². The highest BCUT2D eigenvalue weighted by Gasteiger charge is 2.44. The second-order valence-electron chi connectivity index (χ2n) is 8.51. The Labute approximate surface area is 213 Å². The zero-order chi connectivity index (χ0) is 28.5. The van der Waals surface area contributed by atoms with Crippen LogP contribution in [0.1, 0.15) is 17.7 Å². The Balaban J connectivity index is 0.000000301. The van der Waals surface area contributed by atoms with E-state index >= 15 is 0 Å². The molecule has 0 amide bonds. The molecule has 0 bridgehead atoms. The first-order valence-corrected chi connectivity index (χ1v) is 11.2. The van der Waals surface area contributed by atoms with Crippen molar-refractivity contribution in [2.45, 2.75) is 44.0 Å². The number of furan rings is 1. The summed E-state index contributed by atoms with van der Waals surface area (Å²) in [5.41, 5.74) is 1.28. The van der Waals surface area contributed by atoms with Crippen LogP contribution in [0, 0.1) is 5.92 Å². The van der Waals surface area contributed by atoms with Gasteiger partial charge in [-0.1, -0.05) is 6.07 Å². The molecule has 0 saturated carbocycles. The zero-order valence-electron chi connectivity index (χ0n) is 20.2. The lowest BCUT2D eigenvalue weighted by atomic mass is 9.89. The Hall–Kier alpha value is -3.17. The lowest BCUT2D eigenvalue weighted by molar-refractivity contribution is -0.193. The van der Waals surface area contributed by atoms with Gasteiger partial charge in [-0.05, 0) is 30.2 Å². The number of fused-ring (bicyclic) bond motifs is 1. The molecule has 0 aromatic carbocycles. The maximum Gasteiger partial charge on any atom is 0.490 e. The molecule has 2 aliphatic rings. The van der Waals surface area contributed by atoms with Crippen molar-refractivity contribution in [1.82, 2.24) is 14.8 Å². The van der Waals surface area contributed by atoms with E-state index in [1.165, 1.54) is 5.56 Å². The summed E-state index contributed by atoms with van der Waals surface area (Å²) >= 11 is 0. The van der Waals surface area contributed by atoms with Crippen LogP contribution in [0.25, 0.3) is 0 Å². The van der Waals surface area contributed by atoms with Crippen LogP contribution in [-0.2, 0) is 27.4 Å². The van der Waals surface area contributed by atoms with Gasteiger partial charge >= 0.3 is 24.3 Å². The number of aliphatic carboxylic acids is 2. The van der Waals surface area contributed by atoms with E-state index in [0.717, 1.165) is 44.9 Å². The van der Waals surface area contributed by atoms with Gasteiger partial charge < -0.3 is 19.4 Å². The third-order valence-electron chi connectivity index (χ3n) is 5.91. The Morgan fingerprint density at radius 2 is 1.68 bits per heavy atom. The molecule has 0 radical (unpaired) electrons. The fourth-order valence-corrected chi connectivity index (χ4v) is 4.29. The monoisotopic (exact) mass is 555 g/mol. The first kappa shape index (κ1) is 31.1. The van der Waals surface area contributed by atoms with Gasteiger partial charge in [0, 0.05) is 57.6 Å². The fraction of sp³-hybridized carbons (Fsp3) is 0.522. The predicted octanol–water partition coefficient (Wildman–Crippen LogP) is 3.66. The van der Waals surface area contributed by atoms with Crippen molar-refractivity contribution in [3.8, 4) is 0 Å². The number of carbonyl (C=O) groups is 2. The normalized spacial score (nSPS) is 21.9. The fourth-order valence-electron chi connectivity index (χ4n) is 4.29. The van der Waals surface area contributed by atoms with Crippen LogP contribution >= 0.6 is 0 Å². The number of pyridine rings is 1. The molecular formula is C23H27F6N3O6. The molecule has 15 heteroatoms. The Morgan fingerprint density at radius 1 is 1.05 bits per heavy atom. The summed E-state index contributed by atoms with van der Waals surface area (Å²) in [5, 5.41) is 14.2. The molecule has 0 unspecified atom stereocenters. The Kier molecular flexibility index (Phi) is 11.1. The average molecular weight is 555 g/mol. The number of hydrogen-bond acceptors (Lipinski definition) is 7. The van der Waals surface area contributed by atoms with Gasteiger partial charge in [-0.25, -0.2) is 9.59 Å². The van der Waals surface area contributed by atoms with E-state index in [1.54, 1.807) is 6.26 Å². The Morgan fingerprint density at radius 3 is 2.16 bits per heavy atom. The Bertz CT molecular complexity index is 979. The molecule has 0 spiro atoms. The summed E-state index contributed by atoms with van der Waals surface area (Å²) in [4.78, 5) is 27.1. The summed E-state index contributed by atoms with van der Waals surface area (Å²) in [5.74, 6) is -3.90. The number of piperidine rings is 1. The minimum Gasteiger partial charge on any atom is -0.475 e. The molecule has 2 aromatic rings. The molecule has 2 aliphatic heterocycles. The quantitative estimate of drug-likeness (QED) is 0.534. The molecule has 0 aliphatic carbocycles. The molecule has 9 nitrogen and oxygen atoms in total. The van der Waals surface area contributed by atoms with Crippen LogP contribution in [0.15, 0.2) is 47.3 Å². The van der Waals surface area contributed by atoms with E-state index in [9.17, 15) is 26.3 Å². The van der Waals surface area contributed by atoms with Crippen molar-refractivity contribution in [2.24, 2.45) is 5.92 Å². The number of ether oxygens (including phenoxy) is 1.